The summed E-state index contributed by atoms with van der Waals surface area (Å²) in [6.07, 6.45) is 0.511. The average molecular weight is 254 g/mol. The molecule has 1 aliphatic rings. The molecule has 1 heterocycles. The summed E-state index contributed by atoms with van der Waals surface area (Å²) < 4.78 is 5.68. The summed E-state index contributed by atoms with van der Waals surface area (Å²) in [5, 5.41) is 8.61. The summed E-state index contributed by atoms with van der Waals surface area (Å²) in [4.78, 5) is 5.44. The van der Waals surface area contributed by atoms with E-state index in [9.17, 15) is 0 Å². The highest BCUT2D eigenvalue weighted by Gasteiger charge is 2.22. The Hall–Kier alpha value is -1.31. The van der Waals surface area contributed by atoms with E-state index in [1.807, 2.05) is 12.1 Å². The summed E-state index contributed by atoms with van der Waals surface area (Å²) in [5.41, 5.74) is 1.73. The fourth-order valence-corrected chi connectivity index (χ4v) is 2.12. The van der Waals surface area contributed by atoms with Gasteiger partial charge in [0.25, 0.3) is 0 Å². The molecule has 0 bridgehead atoms. The molecule has 0 N–H and O–H groups in total. The van der Waals surface area contributed by atoms with Crippen LogP contribution in [0, 0.1) is 5.39 Å². The quantitative estimate of drug-likeness (QED) is 0.651. The molecule has 17 heavy (non-hydrogen) atoms. The predicted molar refractivity (Wildman–Crippen MR) is 63.4 cm³/mol. The Labute approximate surface area is 108 Å². The van der Waals surface area contributed by atoms with E-state index >= 15 is 0 Å². The molecule has 1 aliphatic heterocycles. The standard InChI is InChI=1S/C12H16N3O.ClH/c1-9-7-15(8-10(2)16-9)12-5-3-11(14-13)4-6-12;/h3-6,9-10H,7-8H2,1-2H3;1H/q+1;/p-1. The number of hydrogen-bond acceptors (Lipinski definition) is 3. The third-order valence-corrected chi connectivity index (χ3v) is 2.75. The molecule has 0 radical (unpaired) electrons. The molecule has 1 fully saturated rings. The van der Waals surface area contributed by atoms with E-state index < -0.39 is 0 Å². The smallest absolute Gasteiger partial charge is 0.385 e. The third kappa shape index (κ3) is 3.32. The van der Waals surface area contributed by atoms with Gasteiger partial charge in [-0.15, -0.1) is 0 Å². The number of diazo groups is 1. The SMILES string of the molecule is CC1CN(c2ccc([N+]#N)cc2)CC(C)O1.[Cl-]. The first-order chi connectivity index (χ1) is 7.69. The summed E-state index contributed by atoms with van der Waals surface area (Å²) in [6.45, 7) is 5.97. The highest BCUT2D eigenvalue weighted by molar-refractivity contribution is 5.55. The zero-order valence-corrected chi connectivity index (χ0v) is 10.8. The molecule has 2 atom stereocenters. The zero-order chi connectivity index (χ0) is 11.5. The van der Waals surface area contributed by atoms with Crippen LogP contribution in [-0.2, 0) is 4.74 Å². The first-order valence-electron chi connectivity index (χ1n) is 5.54. The number of morpholine rings is 1. The number of benzene rings is 1. The first-order valence-corrected chi connectivity index (χ1v) is 5.54. The molecule has 92 valence electrons. The van der Waals surface area contributed by atoms with E-state index in [0.29, 0.717) is 5.69 Å². The van der Waals surface area contributed by atoms with E-state index in [2.05, 4.69) is 23.7 Å². The minimum atomic E-state index is 0. The predicted octanol–water partition coefficient (Wildman–Crippen LogP) is -0.211. The van der Waals surface area contributed by atoms with Gasteiger partial charge in [-0.25, -0.2) is 0 Å². The molecule has 0 aliphatic carbocycles. The second-order valence-corrected chi connectivity index (χ2v) is 4.28. The first kappa shape index (κ1) is 13.8. The minimum Gasteiger partial charge on any atom is -1.00 e. The lowest BCUT2D eigenvalue weighted by atomic mass is 10.2. The van der Waals surface area contributed by atoms with Crippen LogP contribution in [0.5, 0.6) is 0 Å². The second kappa shape index (κ2) is 5.85. The number of hydrogen-bond donors (Lipinski definition) is 0. The van der Waals surface area contributed by atoms with Crippen molar-refractivity contribution in [3.05, 3.63) is 29.2 Å². The van der Waals surface area contributed by atoms with Crippen molar-refractivity contribution in [1.82, 2.24) is 0 Å². The minimum absolute atomic E-state index is 0. The number of nitrogens with zero attached hydrogens (tertiary/aromatic N) is 3. The third-order valence-electron chi connectivity index (χ3n) is 2.75. The topological polar surface area (TPSA) is 40.6 Å². The van der Waals surface area contributed by atoms with Crippen LogP contribution >= 0.6 is 0 Å². The molecule has 1 aromatic rings. The number of rotatable bonds is 1. The van der Waals surface area contributed by atoms with Gasteiger partial charge in [0.15, 0.2) is 4.98 Å². The Morgan fingerprint density at radius 3 is 2.18 bits per heavy atom. The molecule has 5 heteroatoms. The Morgan fingerprint density at radius 1 is 1.18 bits per heavy atom. The molecule has 1 aromatic carbocycles. The lowest BCUT2D eigenvalue weighted by Crippen LogP contribution is -3.00. The monoisotopic (exact) mass is 253 g/mol. The van der Waals surface area contributed by atoms with E-state index in [0.717, 1.165) is 18.8 Å². The van der Waals surface area contributed by atoms with Gasteiger partial charge in [0.2, 0.25) is 5.39 Å². The summed E-state index contributed by atoms with van der Waals surface area (Å²) in [6, 6.07) is 7.56. The molecule has 0 aromatic heterocycles. The fourth-order valence-electron chi connectivity index (χ4n) is 2.12. The Balaban J connectivity index is 0.00000144. The van der Waals surface area contributed by atoms with Crippen LogP contribution in [0.3, 0.4) is 0 Å². The van der Waals surface area contributed by atoms with Crippen LogP contribution in [0.1, 0.15) is 13.8 Å². The lowest BCUT2D eigenvalue weighted by Gasteiger charge is -2.36. The number of anilines is 1. The van der Waals surface area contributed by atoms with Crippen molar-refractivity contribution < 1.29 is 17.1 Å². The van der Waals surface area contributed by atoms with Crippen LogP contribution in [0.4, 0.5) is 11.4 Å². The lowest BCUT2D eigenvalue weighted by molar-refractivity contribution is -0.00526. The van der Waals surface area contributed by atoms with Gasteiger partial charge in [-0.3, -0.25) is 0 Å². The summed E-state index contributed by atoms with van der Waals surface area (Å²) >= 11 is 0. The van der Waals surface area contributed by atoms with Crippen molar-refractivity contribution in [1.29, 1.82) is 5.39 Å². The Bertz CT molecular complexity index is 391. The van der Waals surface area contributed by atoms with Crippen molar-refractivity contribution in [3.8, 4) is 0 Å². The molecular formula is C12H16ClN3O. The maximum atomic E-state index is 8.61. The van der Waals surface area contributed by atoms with Crippen molar-refractivity contribution in [2.75, 3.05) is 18.0 Å². The van der Waals surface area contributed by atoms with Gasteiger partial charge in [0.05, 0.1) is 12.2 Å². The molecule has 0 spiro atoms. The average Bonchev–Trinajstić information content (AvgIpc) is 2.28. The van der Waals surface area contributed by atoms with E-state index in [4.69, 9.17) is 10.1 Å². The van der Waals surface area contributed by atoms with Gasteiger partial charge in [0, 0.05) is 30.9 Å². The van der Waals surface area contributed by atoms with Crippen LogP contribution in [-0.4, -0.2) is 25.3 Å². The maximum absolute atomic E-state index is 8.61. The molecule has 2 unspecified atom stereocenters. The Morgan fingerprint density at radius 2 is 1.71 bits per heavy atom. The van der Waals surface area contributed by atoms with Crippen LogP contribution in [0.15, 0.2) is 24.3 Å². The van der Waals surface area contributed by atoms with Gasteiger partial charge in [-0.05, 0) is 26.0 Å². The largest absolute Gasteiger partial charge is 1.00 e. The number of ether oxygens (including phenoxy) is 1. The van der Waals surface area contributed by atoms with Crippen LogP contribution in [0.25, 0.3) is 4.98 Å². The molecule has 1 saturated heterocycles. The maximum Gasteiger partial charge on any atom is 0.385 e. The molecule has 0 saturated carbocycles. The van der Waals surface area contributed by atoms with Gasteiger partial charge < -0.3 is 22.0 Å². The second-order valence-electron chi connectivity index (χ2n) is 4.28. The van der Waals surface area contributed by atoms with Crippen molar-refractivity contribution >= 4 is 11.4 Å². The number of halogens is 1. The van der Waals surface area contributed by atoms with Gasteiger partial charge in [-0.1, -0.05) is 0 Å². The summed E-state index contributed by atoms with van der Waals surface area (Å²) in [5.74, 6) is 0. The molecular weight excluding hydrogens is 238 g/mol. The highest BCUT2D eigenvalue weighted by Crippen LogP contribution is 2.23. The van der Waals surface area contributed by atoms with Gasteiger partial charge >= 0.3 is 5.69 Å². The normalized spacial score (nSPS) is 23.7. The molecule has 2 rings (SSSR count). The highest BCUT2D eigenvalue weighted by atomic mass is 35.5. The molecule has 4 nitrogen and oxygen atoms in total. The van der Waals surface area contributed by atoms with E-state index in [-0.39, 0.29) is 24.6 Å². The van der Waals surface area contributed by atoms with E-state index in [1.54, 1.807) is 12.1 Å². The van der Waals surface area contributed by atoms with Gasteiger partial charge in [0.1, 0.15) is 0 Å². The van der Waals surface area contributed by atoms with Crippen molar-refractivity contribution in [2.24, 2.45) is 0 Å². The van der Waals surface area contributed by atoms with Crippen molar-refractivity contribution in [3.63, 3.8) is 0 Å². The fraction of sp³-hybridized carbons (Fsp3) is 0.500. The molecule has 0 amide bonds. The summed E-state index contributed by atoms with van der Waals surface area (Å²) in [7, 11) is 0. The van der Waals surface area contributed by atoms with Gasteiger partial charge in [-0.2, -0.15) is 0 Å². The zero-order valence-electron chi connectivity index (χ0n) is 10.0. The van der Waals surface area contributed by atoms with E-state index in [1.165, 1.54) is 0 Å². The Kier molecular flexibility index (Phi) is 4.73. The van der Waals surface area contributed by atoms with Crippen LogP contribution in [0.2, 0.25) is 0 Å². The van der Waals surface area contributed by atoms with Crippen molar-refractivity contribution in [2.45, 2.75) is 26.1 Å². The van der Waals surface area contributed by atoms with Crippen LogP contribution < -0.4 is 17.3 Å².